The summed E-state index contributed by atoms with van der Waals surface area (Å²) in [4.78, 5) is 27.9. The first-order valence-corrected chi connectivity index (χ1v) is 15.2. The van der Waals surface area contributed by atoms with Crippen LogP contribution in [-0.4, -0.2) is 35.2 Å². The van der Waals surface area contributed by atoms with E-state index in [-0.39, 0.29) is 34.1 Å². The minimum atomic E-state index is -4.49. The maximum absolute atomic E-state index is 13.3. The number of carbonyl (C=O) groups is 1. The molecule has 2 aliphatic rings. The fourth-order valence-electron chi connectivity index (χ4n) is 6.27. The Kier molecular flexibility index (Phi) is 8.62. The zero-order valence-electron chi connectivity index (χ0n) is 24.3. The molecule has 1 saturated heterocycles. The predicted octanol–water partition coefficient (Wildman–Crippen LogP) is 6.27. The molecule has 0 saturated carbocycles. The highest BCUT2D eigenvalue weighted by Gasteiger charge is 2.35. The zero-order valence-corrected chi connectivity index (χ0v) is 25.1. The number of fused-ring (bicyclic) bond motifs is 4. The van der Waals surface area contributed by atoms with Crippen LogP contribution in [-0.2, 0) is 19.1 Å². The van der Waals surface area contributed by atoms with Gasteiger partial charge in [-0.2, -0.15) is 13.2 Å². The van der Waals surface area contributed by atoms with Crippen LogP contribution in [0.1, 0.15) is 39.5 Å². The molecule has 11 heteroatoms. The highest BCUT2D eigenvalue weighted by atomic mass is 32.1. The van der Waals surface area contributed by atoms with Gasteiger partial charge in [-0.25, -0.2) is 0 Å². The van der Waals surface area contributed by atoms with Crippen molar-refractivity contribution < 1.29 is 18.0 Å². The Hall–Kier alpha value is -4.64. The van der Waals surface area contributed by atoms with E-state index in [0.29, 0.717) is 43.9 Å². The lowest BCUT2D eigenvalue weighted by molar-refractivity contribution is -0.137. The first kappa shape index (κ1) is 30.4. The van der Waals surface area contributed by atoms with Gasteiger partial charge in [-0.05, 0) is 79.0 Å². The lowest BCUT2D eigenvalue weighted by atomic mass is 9.83. The Morgan fingerprint density at radius 3 is 2.49 bits per heavy atom. The van der Waals surface area contributed by atoms with E-state index < -0.39 is 11.7 Å². The van der Waals surface area contributed by atoms with Crippen molar-refractivity contribution in [1.82, 2.24) is 9.88 Å². The largest absolute Gasteiger partial charge is 0.416 e. The number of hydrogen-bond donors (Lipinski definition) is 3. The highest BCUT2D eigenvalue weighted by molar-refractivity contribution is 7.80. The third-order valence-corrected chi connectivity index (χ3v) is 8.52. The lowest BCUT2D eigenvalue weighted by Gasteiger charge is -2.44. The molecule has 3 heterocycles. The maximum atomic E-state index is 13.3. The summed E-state index contributed by atoms with van der Waals surface area (Å²) in [6.45, 7) is 2.44. The average Bonchev–Trinajstić information content (AvgIpc) is 3.01. The summed E-state index contributed by atoms with van der Waals surface area (Å²) in [5.41, 5.74) is 3.32. The highest BCUT2D eigenvalue weighted by Crippen LogP contribution is 2.39. The number of nitrogens with zero attached hydrogens (tertiary/aromatic N) is 2. The fourth-order valence-corrected chi connectivity index (χ4v) is 6.50. The van der Waals surface area contributed by atoms with Gasteiger partial charge in [-0.1, -0.05) is 42.5 Å². The number of piperidine rings is 1. The lowest BCUT2D eigenvalue weighted by Crippen LogP contribution is -2.47. The molecule has 3 aromatic carbocycles. The molecule has 7 nitrogen and oxygen atoms in total. The number of nitrogens with one attached hydrogen (secondary N) is 3. The predicted molar refractivity (Wildman–Crippen MR) is 174 cm³/mol. The van der Waals surface area contributed by atoms with Crippen LogP contribution in [0.4, 0.5) is 30.2 Å². The minimum absolute atomic E-state index is 0.00616. The summed E-state index contributed by atoms with van der Waals surface area (Å²) < 4.78 is 41.7. The molecule has 45 heavy (non-hydrogen) atoms. The molecule has 1 aromatic heterocycles. The summed E-state index contributed by atoms with van der Waals surface area (Å²) in [7, 11) is 0. The topological polar surface area (TPSA) is 78.4 Å². The normalized spacial score (nSPS) is 17.3. The molecule has 3 N–H and O–H groups in total. The molecule has 232 valence electrons. The van der Waals surface area contributed by atoms with Crippen molar-refractivity contribution in [1.29, 1.82) is 0 Å². The van der Waals surface area contributed by atoms with Gasteiger partial charge in [0.05, 0.1) is 16.9 Å². The minimum Gasteiger partial charge on any atom is -0.369 e. The summed E-state index contributed by atoms with van der Waals surface area (Å²) in [6.07, 6.45) is -2.83. The van der Waals surface area contributed by atoms with Crippen molar-refractivity contribution in [3.63, 3.8) is 0 Å². The van der Waals surface area contributed by atoms with Gasteiger partial charge in [-0.3, -0.25) is 9.59 Å². The molecule has 4 aromatic rings. The average molecular weight is 632 g/mol. The Bertz CT molecular complexity index is 1780. The Morgan fingerprint density at radius 1 is 0.889 bits per heavy atom. The number of thiocarbonyl (C=S) groups is 1. The second-order valence-corrected chi connectivity index (χ2v) is 11.9. The first-order valence-electron chi connectivity index (χ1n) is 14.8. The van der Waals surface area contributed by atoms with Gasteiger partial charge in [0.25, 0.3) is 11.5 Å². The van der Waals surface area contributed by atoms with E-state index in [4.69, 9.17) is 12.2 Å². The summed E-state index contributed by atoms with van der Waals surface area (Å²) in [5, 5.41) is 9.06. The standard InChI is InChI=1S/C34H32F3N5O2S/c35-34(36,37)26-8-4-9-27(18-26)39-33(45)40-28-17-24(32(44)38-15-14-22-6-2-1-3-7-22)12-13-30(28)41-19-23-16-25(21-41)29-10-5-11-31(43)42(29)20-23/h1-13,17-18,23,25H,14-16,19-21H2,(H,38,44)(H2,39,40,45)/t23-,25+/m1/s1. The van der Waals surface area contributed by atoms with Gasteiger partial charge in [0.1, 0.15) is 0 Å². The number of hydrogen-bond acceptors (Lipinski definition) is 4. The molecule has 2 bridgehead atoms. The molecular formula is C34H32F3N5O2S. The van der Waals surface area contributed by atoms with Crippen LogP contribution in [0.15, 0.2) is 95.8 Å². The molecule has 1 fully saturated rings. The van der Waals surface area contributed by atoms with E-state index in [1.165, 1.54) is 12.1 Å². The quantitative estimate of drug-likeness (QED) is 0.209. The van der Waals surface area contributed by atoms with Crippen molar-refractivity contribution >= 4 is 40.3 Å². The molecule has 0 aliphatic carbocycles. The van der Waals surface area contributed by atoms with Gasteiger partial charge in [-0.15, -0.1) is 0 Å². The summed E-state index contributed by atoms with van der Waals surface area (Å²) in [5.74, 6) is 0.150. The number of rotatable bonds is 7. The third-order valence-electron chi connectivity index (χ3n) is 8.32. The van der Waals surface area contributed by atoms with Gasteiger partial charge in [0.2, 0.25) is 0 Å². The van der Waals surface area contributed by atoms with Gasteiger partial charge < -0.3 is 25.4 Å². The number of amides is 1. The van der Waals surface area contributed by atoms with E-state index in [0.717, 1.165) is 35.5 Å². The van der Waals surface area contributed by atoms with Crippen LogP contribution < -0.4 is 26.4 Å². The van der Waals surface area contributed by atoms with Crippen LogP contribution >= 0.6 is 12.2 Å². The van der Waals surface area contributed by atoms with Crippen molar-refractivity contribution in [2.45, 2.75) is 31.5 Å². The monoisotopic (exact) mass is 631 g/mol. The van der Waals surface area contributed by atoms with E-state index in [2.05, 4.69) is 20.9 Å². The number of halogens is 3. The van der Waals surface area contributed by atoms with Crippen LogP contribution in [0.2, 0.25) is 0 Å². The van der Waals surface area contributed by atoms with Crippen molar-refractivity contribution in [2.24, 2.45) is 5.92 Å². The van der Waals surface area contributed by atoms with Gasteiger partial charge in [0, 0.05) is 55.1 Å². The van der Waals surface area contributed by atoms with Crippen LogP contribution in [0.5, 0.6) is 0 Å². The van der Waals surface area contributed by atoms with E-state index in [1.807, 2.05) is 47.0 Å². The van der Waals surface area contributed by atoms with E-state index in [1.54, 1.807) is 24.3 Å². The SMILES string of the molecule is O=C(NCCc1ccccc1)c1ccc(N2C[C@H]3C[C@@H](C2)c2cccc(=O)n2C3)c(NC(=S)Nc2cccc(C(F)(F)F)c2)c1. The molecule has 0 spiro atoms. The van der Waals surface area contributed by atoms with Crippen LogP contribution in [0.25, 0.3) is 0 Å². The second-order valence-electron chi connectivity index (χ2n) is 11.5. The fraction of sp³-hybridized carbons (Fsp3) is 0.265. The van der Waals surface area contributed by atoms with Crippen LogP contribution in [0, 0.1) is 5.92 Å². The Morgan fingerprint density at radius 2 is 1.69 bits per heavy atom. The smallest absolute Gasteiger partial charge is 0.369 e. The van der Waals surface area contributed by atoms with Gasteiger partial charge >= 0.3 is 6.18 Å². The second kappa shape index (κ2) is 12.8. The molecule has 2 aliphatic heterocycles. The molecule has 0 unspecified atom stereocenters. The number of pyridine rings is 1. The number of benzene rings is 3. The van der Waals surface area contributed by atoms with Crippen molar-refractivity contribution in [2.75, 3.05) is 35.2 Å². The molecular weight excluding hydrogens is 599 g/mol. The summed E-state index contributed by atoms with van der Waals surface area (Å²) in [6, 6.07) is 25.4. The van der Waals surface area contributed by atoms with E-state index >= 15 is 0 Å². The number of carbonyl (C=O) groups excluding carboxylic acids is 1. The Labute approximate surface area is 264 Å². The number of aromatic nitrogens is 1. The van der Waals surface area contributed by atoms with Crippen molar-refractivity contribution in [3.05, 3.63) is 124 Å². The molecule has 0 radical (unpaired) electrons. The maximum Gasteiger partial charge on any atom is 0.416 e. The number of anilines is 3. The zero-order chi connectivity index (χ0) is 31.6. The molecule has 6 rings (SSSR count). The van der Waals surface area contributed by atoms with Gasteiger partial charge in [0.15, 0.2) is 5.11 Å². The van der Waals surface area contributed by atoms with Crippen molar-refractivity contribution in [3.8, 4) is 0 Å². The van der Waals surface area contributed by atoms with E-state index in [9.17, 15) is 22.8 Å². The van der Waals surface area contributed by atoms with Crippen LogP contribution in [0.3, 0.4) is 0 Å². The molecule has 1 amide bonds. The molecule has 2 atom stereocenters. The Balaban J connectivity index is 1.24. The summed E-state index contributed by atoms with van der Waals surface area (Å²) >= 11 is 5.54. The first-order chi connectivity index (χ1) is 21.6. The number of alkyl halides is 3. The third kappa shape index (κ3) is 7.04.